The van der Waals surface area contributed by atoms with Crippen LogP contribution in [-0.4, -0.2) is 4.57 Å². The minimum Gasteiger partial charge on any atom is -0.455 e. The molecule has 2 aliphatic rings. The van der Waals surface area contributed by atoms with Crippen molar-refractivity contribution in [1.29, 1.82) is 0 Å². The standard InChI is InChI=1S/C71H44N2O/c1-2-18-53-47(15-1)35-41-58-60-44-49(36-42-68(60)74-70(53)58)46-33-39-51(40-34-46)72(50-37-31-45(32-38-50)48-16-13-17-52(43-48)73-65-28-11-6-21-56(65)57-22-7-12-29-66(57)73)67-30-14-27-64-69(67)59-23-5-10-26-63(59)71(64)61-24-8-3-19-54(61)55-20-4-9-25-62(55)71/h1-44H. The number of rotatable bonds is 6. The highest BCUT2D eigenvalue weighted by Crippen LogP contribution is 2.64. The van der Waals surface area contributed by atoms with Gasteiger partial charge in [0.15, 0.2) is 0 Å². The zero-order valence-electron chi connectivity index (χ0n) is 40.2. The molecule has 0 aliphatic heterocycles. The summed E-state index contributed by atoms with van der Waals surface area (Å²) in [6.07, 6.45) is 0. The molecule has 2 aliphatic carbocycles. The van der Waals surface area contributed by atoms with Gasteiger partial charge in [0.25, 0.3) is 0 Å². The summed E-state index contributed by atoms with van der Waals surface area (Å²) in [5.41, 5.74) is 23.3. The molecule has 0 radical (unpaired) electrons. The molecule has 14 aromatic rings. The lowest BCUT2D eigenvalue weighted by molar-refractivity contribution is 0.672. The highest BCUT2D eigenvalue weighted by atomic mass is 16.3. The Kier molecular flexibility index (Phi) is 8.66. The van der Waals surface area contributed by atoms with E-state index in [1.165, 1.54) is 71.7 Å². The van der Waals surface area contributed by atoms with Gasteiger partial charge in [-0.25, -0.2) is 0 Å². The summed E-state index contributed by atoms with van der Waals surface area (Å²) < 4.78 is 8.92. The van der Waals surface area contributed by atoms with E-state index in [1.54, 1.807) is 0 Å². The van der Waals surface area contributed by atoms with Crippen molar-refractivity contribution in [3.63, 3.8) is 0 Å². The van der Waals surface area contributed by atoms with Crippen LogP contribution >= 0.6 is 0 Å². The summed E-state index contributed by atoms with van der Waals surface area (Å²) in [4.78, 5) is 2.47. The topological polar surface area (TPSA) is 21.3 Å². The average Bonchev–Trinajstić information content (AvgIpc) is 4.25. The number of benzene rings is 12. The zero-order valence-corrected chi connectivity index (χ0v) is 40.2. The fourth-order valence-corrected chi connectivity index (χ4v) is 13.1. The summed E-state index contributed by atoms with van der Waals surface area (Å²) in [5, 5.41) is 7.09. The Morgan fingerprint density at radius 1 is 0.338 bits per heavy atom. The van der Waals surface area contributed by atoms with Gasteiger partial charge in [0, 0.05) is 49.6 Å². The molecule has 0 atom stereocenters. The molecule has 0 amide bonds. The quantitative estimate of drug-likeness (QED) is 0.166. The van der Waals surface area contributed by atoms with Crippen molar-refractivity contribution in [1.82, 2.24) is 4.57 Å². The van der Waals surface area contributed by atoms with Crippen LogP contribution in [0, 0.1) is 0 Å². The first kappa shape index (κ1) is 41.0. The molecule has 2 heterocycles. The molecule has 12 aromatic carbocycles. The summed E-state index contributed by atoms with van der Waals surface area (Å²) in [7, 11) is 0. The van der Waals surface area contributed by atoms with E-state index in [2.05, 4.69) is 276 Å². The predicted molar refractivity (Wildman–Crippen MR) is 307 cm³/mol. The van der Waals surface area contributed by atoms with Crippen LogP contribution in [0.25, 0.3) is 105 Å². The highest BCUT2D eigenvalue weighted by molar-refractivity contribution is 6.16. The van der Waals surface area contributed by atoms with Crippen LogP contribution in [0.1, 0.15) is 22.3 Å². The van der Waals surface area contributed by atoms with Gasteiger partial charge in [-0.3, -0.25) is 0 Å². The fraction of sp³-hybridized carbons (Fsp3) is 0.0141. The molecule has 1 spiro atoms. The first-order valence-electron chi connectivity index (χ1n) is 25.6. The van der Waals surface area contributed by atoms with Gasteiger partial charge in [-0.1, -0.05) is 194 Å². The van der Waals surface area contributed by atoms with Crippen LogP contribution in [0.15, 0.2) is 271 Å². The summed E-state index contributed by atoms with van der Waals surface area (Å²) in [5.74, 6) is 0. The predicted octanol–water partition coefficient (Wildman–Crippen LogP) is 19.0. The van der Waals surface area contributed by atoms with E-state index in [1.807, 2.05) is 0 Å². The van der Waals surface area contributed by atoms with Crippen molar-refractivity contribution >= 4 is 71.6 Å². The number of fused-ring (bicyclic) bond motifs is 18. The molecular formula is C71H44N2O. The molecule has 2 aromatic heterocycles. The van der Waals surface area contributed by atoms with Crippen molar-refractivity contribution in [3.05, 3.63) is 289 Å². The van der Waals surface area contributed by atoms with Crippen molar-refractivity contribution in [2.24, 2.45) is 0 Å². The molecule has 0 fully saturated rings. The minimum absolute atomic E-state index is 0.460. The van der Waals surface area contributed by atoms with Crippen LogP contribution in [0.2, 0.25) is 0 Å². The van der Waals surface area contributed by atoms with Gasteiger partial charge in [-0.15, -0.1) is 0 Å². The molecule has 0 unspecified atom stereocenters. The van der Waals surface area contributed by atoms with E-state index in [0.717, 1.165) is 72.3 Å². The van der Waals surface area contributed by atoms with Crippen molar-refractivity contribution in [2.45, 2.75) is 5.41 Å². The monoisotopic (exact) mass is 940 g/mol. The van der Waals surface area contributed by atoms with Gasteiger partial charge in [-0.2, -0.15) is 0 Å². The van der Waals surface area contributed by atoms with Crippen molar-refractivity contribution in [2.75, 3.05) is 4.90 Å². The smallest absolute Gasteiger partial charge is 0.143 e. The van der Waals surface area contributed by atoms with Crippen LogP contribution in [-0.2, 0) is 5.41 Å². The number of aromatic nitrogens is 1. The first-order chi connectivity index (χ1) is 36.7. The number of furan rings is 1. The molecule has 0 N–H and O–H groups in total. The molecule has 3 nitrogen and oxygen atoms in total. The average molecular weight is 941 g/mol. The van der Waals surface area contributed by atoms with E-state index in [0.29, 0.717) is 0 Å². The molecule has 344 valence electrons. The number of anilines is 3. The second-order valence-electron chi connectivity index (χ2n) is 19.9. The fourth-order valence-electron chi connectivity index (χ4n) is 13.1. The second kappa shape index (κ2) is 15.6. The Hall–Kier alpha value is -9.70. The van der Waals surface area contributed by atoms with E-state index in [-0.39, 0.29) is 0 Å². The molecule has 0 saturated heterocycles. The van der Waals surface area contributed by atoms with Gasteiger partial charge in [-0.05, 0) is 139 Å². The molecule has 0 saturated carbocycles. The van der Waals surface area contributed by atoms with E-state index >= 15 is 0 Å². The lowest BCUT2D eigenvalue weighted by atomic mass is 9.70. The summed E-state index contributed by atoms with van der Waals surface area (Å²) in [6.45, 7) is 0. The molecule has 16 rings (SSSR count). The van der Waals surface area contributed by atoms with Crippen molar-refractivity contribution < 1.29 is 4.42 Å². The summed E-state index contributed by atoms with van der Waals surface area (Å²) in [6, 6.07) is 98.3. The first-order valence-corrected chi connectivity index (χ1v) is 25.6. The van der Waals surface area contributed by atoms with Gasteiger partial charge >= 0.3 is 0 Å². The normalized spacial score (nSPS) is 13.0. The number of nitrogens with zero attached hydrogens (tertiary/aromatic N) is 2. The Labute approximate surface area is 428 Å². The number of para-hydroxylation sites is 2. The van der Waals surface area contributed by atoms with Crippen LogP contribution < -0.4 is 4.90 Å². The lowest BCUT2D eigenvalue weighted by Crippen LogP contribution is -2.26. The third-order valence-corrected chi connectivity index (χ3v) is 16.2. The molecule has 74 heavy (non-hydrogen) atoms. The summed E-state index contributed by atoms with van der Waals surface area (Å²) >= 11 is 0. The number of hydrogen-bond donors (Lipinski definition) is 0. The zero-order chi connectivity index (χ0) is 48.5. The second-order valence-corrected chi connectivity index (χ2v) is 19.9. The Balaban J connectivity index is 0.856. The van der Waals surface area contributed by atoms with Crippen molar-refractivity contribution in [3.8, 4) is 50.2 Å². The van der Waals surface area contributed by atoms with Gasteiger partial charge in [0.1, 0.15) is 11.2 Å². The van der Waals surface area contributed by atoms with Gasteiger partial charge in [0.2, 0.25) is 0 Å². The Morgan fingerprint density at radius 2 is 0.865 bits per heavy atom. The molecule has 0 bridgehead atoms. The number of hydrogen-bond acceptors (Lipinski definition) is 2. The van der Waals surface area contributed by atoms with Crippen LogP contribution in [0.3, 0.4) is 0 Å². The van der Waals surface area contributed by atoms with E-state index in [4.69, 9.17) is 4.42 Å². The SMILES string of the molecule is c1cc(-c2ccc(N(c3ccc(-c4ccc5oc6c7ccccc7ccc6c5c4)cc3)c3cccc4c3-c3ccccc3C43c4ccccc4-c4ccccc43)cc2)cc(-n2c3ccccc3c3ccccc32)c1. The molecule has 3 heteroatoms. The molecular weight excluding hydrogens is 897 g/mol. The third-order valence-electron chi connectivity index (χ3n) is 16.2. The van der Waals surface area contributed by atoms with Crippen LogP contribution in [0.4, 0.5) is 17.1 Å². The largest absolute Gasteiger partial charge is 0.455 e. The Morgan fingerprint density at radius 3 is 1.54 bits per heavy atom. The lowest BCUT2D eigenvalue weighted by Gasteiger charge is -2.32. The minimum atomic E-state index is -0.460. The maximum atomic E-state index is 6.52. The third kappa shape index (κ3) is 5.72. The van der Waals surface area contributed by atoms with E-state index in [9.17, 15) is 0 Å². The Bertz CT molecular complexity index is 4510. The van der Waals surface area contributed by atoms with E-state index < -0.39 is 5.41 Å². The highest BCUT2D eigenvalue weighted by Gasteiger charge is 2.52. The van der Waals surface area contributed by atoms with Gasteiger partial charge in [0.05, 0.1) is 22.1 Å². The maximum absolute atomic E-state index is 6.52. The maximum Gasteiger partial charge on any atom is 0.143 e. The van der Waals surface area contributed by atoms with Crippen LogP contribution in [0.5, 0.6) is 0 Å². The van der Waals surface area contributed by atoms with Gasteiger partial charge < -0.3 is 13.9 Å².